The van der Waals surface area contributed by atoms with E-state index in [-0.39, 0.29) is 6.54 Å². The number of aliphatic carboxylic acids is 1. The molecule has 2 aromatic heterocycles. The predicted octanol–water partition coefficient (Wildman–Crippen LogP) is 1.17. The van der Waals surface area contributed by atoms with Gasteiger partial charge in [0.2, 0.25) is 0 Å². The molecule has 72 valence electrons. The summed E-state index contributed by atoms with van der Waals surface area (Å²) in [6.45, 7) is -0.128. The van der Waals surface area contributed by atoms with Crippen LogP contribution in [0.3, 0.4) is 0 Å². The Balaban J connectivity index is 2.58. The van der Waals surface area contributed by atoms with Crippen LogP contribution in [0, 0.1) is 0 Å². The molecule has 0 aliphatic rings. The molecular formula is C8H6ClN3O2. The van der Waals surface area contributed by atoms with Crippen molar-refractivity contribution in [2.45, 2.75) is 6.54 Å². The van der Waals surface area contributed by atoms with Crippen LogP contribution in [0.15, 0.2) is 18.6 Å². The fourth-order valence-electron chi connectivity index (χ4n) is 1.25. The summed E-state index contributed by atoms with van der Waals surface area (Å²) in [5, 5.41) is 9.61. The smallest absolute Gasteiger partial charge is 0.323 e. The van der Waals surface area contributed by atoms with Crippen LogP contribution < -0.4 is 0 Å². The largest absolute Gasteiger partial charge is 0.480 e. The van der Waals surface area contributed by atoms with Gasteiger partial charge in [-0.15, -0.1) is 0 Å². The van der Waals surface area contributed by atoms with E-state index in [1.165, 1.54) is 10.9 Å². The van der Waals surface area contributed by atoms with Crippen molar-refractivity contribution in [2.75, 3.05) is 0 Å². The second-order valence-electron chi connectivity index (χ2n) is 2.74. The molecule has 0 aliphatic heterocycles. The highest BCUT2D eigenvalue weighted by Crippen LogP contribution is 2.19. The first-order valence-electron chi connectivity index (χ1n) is 3.85. The SMILES string of the molecule is O=C(O)Cn1ccc2c(Cl)ncnc21. The highest BCUT2D eigenvalue weighted by molar-refractivity contribution is 6.33. The van der Waals surface area contributed by atoms with Gasteiger partial charge in [-0.2, -0.15) is 0 Å². The molecule has 2 rings (SSSR count). The highest BCUT2D eigenvalue weighted by Gasteiger charge is 2.08. The van der Waals surface area contributed by atoms with Crippen LogP contribution in [0.2, 0.25) is 5.15 Å². The lowest BCUT2D eigenvalue weighted by atomic mass is 10.4. The number of nitrogens with zero attached hydrogens (tertiary/aromatic N) is 3. The van der Waals surface area contributed by atoms with Gasteiger partial charge < -0.3 is 9.67 Å². The van der Waals surface area contributed by atoms with E-state index < -0.39 is 5.97 Å². The van der Waals surface area contributed by atoms with Gasteiger partial charge in [0.05, 0.1) is 5.39 Å². The van der Waals surface area contributed by atoms with E-state index in [0.717, 1.165) is 0 Å². The van der Waals surface area contributed by atoms with Crippen LogP contribution in [-0.4, -0.2) is 25.6 Å². The fraction of sp³-hybridized carbons (Fsp3) is 0.125. The monoisotopic (exact) mass is 211 g/mol. The summed E-state index contributed by atoms with van der Waals surface area (Å²) in [6, 6.07) is 1.70. The molecule has 14 heavy (non-hydrogen) atoms. The Morgan fingerprint density at radius 3 is 3.07 bits per heavy atom. The van der Waals surface area contributed by atoms with E-state index in [4.69, 9.17) is 16.7 Å². The maximum Gasteiger partial charge on any atom is 0.323 e. The highest BCUT2D eigenvalue weighted by atomic mass is 35.5. The Morgan fingerprint density at radius 1 is 1.57 bits per heavy atom. The van der Waals surface area contributed by atoms with Crippen LogP contribution in [0.4, 0.5) is 0 Å². The third-order valence-corrected chi connectivity index (χ3v) is 2.11. The van der Waals surface area contributed by atoms with Crippen molar-refractivity contribution in [2.24, 2.45) is 0 Å². The van der Waals surface area contributed by atoms with E-state index in [0.29, 0.717) is 16.2 Å². The lowest BCUT2D eigenvalue weighted by Gasteiger charge is -1.99. The Bertz CT molecular complexity index is 494. The molecule has 0 aromatic carbocycles. The summed E-state index contributed by atoms with van der Waals surface area (Å²) in [5.41, 5.74) is 0.535. The lowest BCUT2D eigenvalue weighted by Crippen LogP contribution is -2.07. The minimum atomic E-state index is -0.919. The molecule has 0 amide bonds. The van der Waals surface area contributed by atoms with E-state index in [1.807, 2.05) is 0 Å². The quantitative estimate of drug-likeness (QED) is 0.758. The topological polar surface area (TPSA) is 68.0 Å². The van der Waals surface area contributed by atoms with Gasteiger partial charge in [-0.05, 0) is 6.07 Å². The first-order valence-corrected chi connectivity index (χ1v) is 4.23. The maximum atomic E-state index is 10.5. The molecule has 0 aliphatic carbocycles. The molecule has 0 saturated carbocycles. The molecule has 2 aromatic rings. The molecule has 1 N–H and O–H groups in total. The minimum absolute atomic E-state index is 0.128. The van der Waals surface area contributed by atoms with Gasteiger partial charge in [0.1, 0.15) is 23.7 Å². The van der Waals surface area contributed by atoms with Gasteiger partial charge in [-0.3, -0.25) is 4.79 Å². The van der Waals surface area contributed by atoms with E-state index >= 15 is 0 Å². The number of aromatic nitrogens is 3. The van der Waals surface area contributed by atoms with Crippen molar-refractivity contribution < 1.29 is 9.90 Å². The first kappa shape index (κ1) is 8.96. The standard InChI is InChI=1S/C8H6ClN3O2/c9-7-5-1-2-12(3-6(13)14)8(5)11-4-10-7/h1-2,4H,3H2,(H,13,14). The van der Waals surface area contributed by atoms with Crippen LogP contribution in [0.5, 0.6) is 0 Å². The molecule has 0 unspecified atom stereocenters. The number of rotatable bonds is 2. The van der Waals surface area contributed by atoms with E-state index in [2.05, 4.69) is 9.97 Å². The molecule has 0 bridgehead atoms. The first-order chi connectivity index (χ1) is 6.68. The van der Waals surface area contributed by atoms with Crippen LogP contribution in [0.25, 0.3) is 11.0 Å². The van der Waals surface area contributed by atoms with Crippen molar-refractivity contribution in [1.29, 1.82) is 0 Å². The number of hydrogen-bond donors (Lipinski definition) is 1. The van der Waals surface area contributed by atoms with E-state index in [9.17, 15) is 4.79 Å². The zero-order valence-corrected chi connectivity index (χ0v) is 7.77. The van der Waals surface area contributed by atoms with Crippen LogP contribution in [0.1, 0.15) is 0 Å². The zero-order valence-electron chi connectivity index (χ0n) is 7.01. The number of hydrogen-bond acceptors (Lipinski definition) is 3. The Kier molecular flexibility index (Phi) is 2.09. The molecule has 2 heterocycles. The minimum Gasteiger partial charge on any atom is -0.480 e. The molecule has 0 saturated heterocycles. The molecule has 6 heteroatoms. The molecule has 0 fully saturated rings. The summed E-state index contributed by atoms with van der Waals surface area (Å²) in [4.78, 5) is 18.3. The number of halogens is 1. The van der Waals surface area contributed by atoms with Gasteiger partial charge in [0.25, 0.3) is 0 Å². The second-order valence-corrected chi connectivity index (χ2v) is 3.10. The van der Waals surface area contributed by atoms with Gasteiger partial charge >= 0.3 is 5.97 Å². The summed E-state index contributed by atoms with van der Waals surface area (Å²) in [6.07, 6.45) is 2.93. The fourth-order valence-corrected chi connectivity index (χ4v) is 1.44. The van der Waals surface area contributed by atoms with Crippen molar-refractivity contribution in [3.8, 4) is 0 Å². The number of carbonyl (C=O) groups is 1. The second kappa shape index (κ2) is 3.26. The Labute approximate surface area is 84.0 Å². The van der Waals surface area contributed by atoms with Gasteiger partial charge in [0.15, 0.2) is 0 Å². The summed E-state index contributed by atoms with van der Waals surface area (Å²) >= 11 is 5.80. The summed E-state index contributed by atoms with van der Waals surface area (Å²) in [5.74, 6) is -0.919. The summed E-state index contributed by atoms with van der Waals surface area (Å²) < 4.78 is 1.51. The van der Waals surface area contributed by atoms with Crippen molar-refractivity contribution >= 4 is 28.6 Å². The average molecular weight is 212 g/mol. The number of carboxylic acid groups (broad SMARTS) is 1. The Morgan fingerprint density at radius 2 is 2.36 bits per heavy atom. The van der Waals surface area contributed by atoms with Crippen molar-refractivity contribution in [3.63, 3.8) is 0 Å². The molecule has 0 spiro atoms. The van der Waals surface area contributed by atoms with Crippen molar-refractivity contribution in [1.82, 2.24) is 14.5 Å². The van der Waals surface area contributed by atoms with Gasteiger partial charge in [-0.25, -0.2) is 9.97 Å². The third-order valence-electron chi connectivity index (χ3n) is 1.81. The maximum absolute atomic E-state index is 10.5. The molecule has 0 radical (unpaired) electrons. The zero-order chi connectivity index (χ0) is 10.1. The Hall–Kier alpha value is -1.62. The average Bonchev–Trinajstić information content (AvgIpc) is 2.49. The third kappa shape index (κ3) is 1.42. The van der Waals surface area contributed by atoms with Gasteiger partial charge in [0, 0.05) is 6.20 Å². The lowest BCUT2D eigenvalue weighted by molar-refractivity contribution is -0.137. The molecule has 0 atom stereocenters. The molecular weight excluding hydrogens is 206 g/mol. The molecule has 5 nitrogen and oxygen atoms in total. The van der Waals surface area contributed by atoms with Crippen LogP contribution >= 0.6 is 11.6 Å². The number of carboxylic acids is 1. The van der Waals surface area contributed by atoms with Gasteiger partial charge in [-0.1, -0.05) is 11.6 Å². The van der Waals surface area contributed by atoms with E-state index in [1.54, 1.807) is 12.3 Å². The normalized spacial score (nSPS) is 10.6. The van der Waals surface area contributed by atoms with Crippen molar-refractivity contribution in [3.05, 3.63) is 23.7 Å². The summed E-state index contributed by atoms with van der Waals surface area (Å²) in [7, 11) is 0. The number of fused-ring (bicyclic) bond motifs is 1. The van der Waals surface area contributed by atoms with Crippen LogP contribution in [-0.2, 0) is 11.3 Å². The predicted molar refractivity (Wildman–Crippen MR) is 50.2 cm³/mol.